The second-order valence-electron chi connectivity index (χ2n) is 6.56. The minimum atomic E-state index is -1.03. The van der Waals surface area contributed by atoms with Crippen LogP contribution in [0.1, 0.15) is 30.1 Å². The molecule has 0 aliphatic rings. The summed E-state index contributed by atoms with van der Waals surface area (Å²) in [5, 5.41) is 2.45. The molecule has 0 fully saturated rings. The molecule has 152 valence electrons. The topological polar surface area (TPSA) is 98.2 Å². The van der Waals surface area contributed by atoms with Gasteiger partial charge in [0.25, 0.3) is 5.91 Å². The molecule has 0 aliphatic carbocycles. The molecule has 7 nitrogen and oxygen atoms in total. The smallest absolute Gasteiger partial charge is 0.307 e. The van der Waals surface area contributed by atoms with E-state index >= 15 is 0 Å². The van der Waals surface area contributed by atoms with Crippen molar-refractivity contribution in [2.45, 2.75) is 25.9 Å². The Kier molecular flexibility index (Phi) is 7.00. The van der Waals surface area contributed by atoms with E-state index in [1.54, 1.807) is 18.2 Å². The highest BCUT2D eigenvalue weighted by Crippen LogP contribution is 2.20. The number of ether oxygens (including phenoxy) is 1. The number of ketones is 1. The molecule has 1 unspecified atom stereocenters. The molecular formula is C23H21N3O4. The molecular weight excluding hydrogens is 382 g/mol. The van der Waals surface area contributed by atoms with Gasteiger partial charge in [-0.25, -0.2) is 9.97 Å². The van der Waals surface area contributed by atoms with Gasteiger partial charge in [-0.3, -0.25) is 19.7 Å². The van der Waals surface area contributed by atoms with Crippen LogP contribution in [-0.4, -0.2) is 33.7 Å². The SMILES string of the molecule is CC(OC(=O)CCC(=O)c1ccc(-c2ccccc2)cc1)C(=O)Nc1ncccn1. The van der Waals surface area contributed by atoms with Crippen molar-refractivity contribution in [2.24, 2.45) is 0 Å². The zero-order chi connectivity index (χ0) is 21.3. The Bertz CT molecular complexity index is 1010. The summed E-state index contributed by atoms with van der Waals surface area (Å²) in [5.41, 5.74) is 2.59. The average molecular weight is 403 g/mol. The number of hydrogen-bond acceptors (Lipinski definition) is 6. The van der Waals surface area contributed by atoms with Gasteiger partial charge in [0, 0.05) is 24.4 Å². The van der Waals surface area contributed by atoms with E-state index in [9.17, 15) is 14.4 Å². The highest BCUT2D eigenvalue weighted by Gasteiger charge is 2.19. The van der Waals surface area contributed by atoms with Crippen molar-refractivity contribution in [1.82, 2.24) is 9.97 Å². The van der Waals surface area contributed by atoms with E-state index in [1.807, 2.05) is 42.5 Å². The number of carbonyl (C=O) groups is 3. The molecule has 1 amide bonds. The van der Waals surface area contributed by atoms with Gasteiger partial charge in [0.05, 0.1) is 6.42 Å². The van der Waals surface area contributed by atoms with Crippen LogP contribution in [-0.2, 0) is 14.3 Å². The predicted octanol–water partition coefficient (Wildman–Crippen LogP) is 3.68. The Morgan fingerprint density at radius 2 is 1.50 bits per heavy atom. The largest absolute Gasteiger partial charge is 0.453 e. The van der Waals surface area contributed by atoms with Crippen LogP contribution in [0.3, 0.4) is 0 Å². The lowest BCUT2D eigenvalue weighted by Crippen LogP contribution is -2.30. The summed E-state index contributed by atoms with van der Waals surface area (Å²) >= 11 is 0. The first-order valence-corrected chi connectivity index (χ1v) is 9.49. The van der Waals surface area contributed by atoms with E-state index in [2.05, 4.69) is 15.3 Å². The van der Waals surface area contributed by atoms with E-state index in [0.29, 0.717) is 5.56 Å². The van der Waals surface area contributed by atoms with Gasteiger partial charge in [-0.1, -0.05) is 54.6 Å². The molecule has 0 spiro atoms. The van der Waals surface area contributed by atoms with Gasteiger partial charge >= 0.3 is 5.97 Å². The average Bonchev–Trinajstić information content (AvgIpc) is 2.79. The van der Waals surface area contributed by atoms with Gasteiger partial charge in [0.1, 0.15) is 0 Å². The maximum atomic E-state index is 12.4. The van der Waals surface area contributed by atoms with Gasteiger partial charge < -0.3 is 4.74 Å². The number of nitrogens with one attached hydrogen (secondary N) is 1. The van der Waals surface area contributed by atoms with Crippen molar-refractivity contribution in [1.29, 1.82) is 0 Å². The third-order valence-corrected chi connectivity index (χ3v) is 4.35. The van der Waals surface area contributed by atoms with Crippen molar-refractivity contribution in [3.63, 3.8) is 0 Å². The van der Waals surface area contributed by atoms with Crippen LogP contribution < -0.4 is 5.32 Å². The van der Waals surface area contributed by atoms with Crippen molar-refractivity contribution < 1.29 is 19.1 Å². The highest BCUT2D eigenvalue weighted by molar-refractivity contribution is 5.98. The highest BCUT2D eigenvalue weighted by atomic mass is 16.5. The number of amides is 1. The summed E-state index contributed by atoms with van der Waals surface area (Å²) in [6.45, 7) is 1.44. The molecule has 1 N–H and O–H groups in total. The lowest BCUT2D eigenvalue weighted by Gasteiger charge is -2.12. The Morgan fingerprint density at radius 3 is 2.17 bits per heavy atom. The molecule has 1 aromatic heterocycles. The number of rotatable bonds is 8. The zero-order valence-corrected chi connectivity index (χ0v) is 16.4. The molecule has 0 saturated heterocycles. The molecule has 0 radical (unpaired) electrons. The minimum Gasteiger partial charge on any atom is -0.453 e. The molecule has 7 heteroatoms. The third-order valence-electron chi connectivity index (χ3n) is 4.35. The Morgan fingerprint density at radius 1 is 0.867 bits per heavy atom. The maximum absolute atomic E-state index is 12.4. The van der Waals surface area contributed by atoms with Crippen LogP contribution in [0.4, 0.5) is 5.95 Å². The molecule has 30 heavy (non-hydrogen) atoms. The van der Waals surface area contributed by atoms with Crippen LogP contribution in [0.2, 0.25) is 0 Å². The summed E-state index contributed by atoms with van der Waals surface area (Å²) in [7, 11) is 0. The summed E-state index contributed by atoms with van der Waals surface area (Å²) in [6, 6.07) is 18.7. The summed E-state index contributed by atoms with van der Waals surface area (Å²) < 4.78 is 5.09. The van der Waals surface area contributed by atoms with Crippen LogP contribution >= 0.6 is 0 Å². The number of esters is 1. The quantitative estimate of drug-likeness (QED) is 0.455. The van der Waals surface area contributed by atoms with Crippen LogP contribution in [0.15, 0.2) is 73.1 Å². The van der Waals surface area contributed by atoms with E-state index < -0.39 is 18.0 Å². The number of carbonyl (C=O) groups excluding carboxylic acids is 3. The monoisotopic (exact) mass is 403 g/mol. The first-order chi connectivity index (χ1) is 14.5. The molecule has 1 atom stereocenters. The third kappa shape index (κ3) is 5.81. The first-order valence-electron chi connectivity index (χ1n) is 9.49. The Balaban J connectivity index is 1.47. The summed E-state index contributed by atoms with van der Waals surface area (Å²) in [5.74, 6) is -1.21. The number of aromatic nitrogens is 2. The number of anilines is 1. The summed E-state index contributed by atoms with van der Waals surface area (Å²) in [6.07, 6.45) is 1.83. The molecule has 3 rings (SSSR count). The molecule has 2 aromatic carbocycles. The van der Waals surface area contributed by atoms with Crippen molar-refractivity contribution in [2.75, 3.05) is 5.32 Å². The van der Waals surface area contributed by atoms with Gasteiger partial charge in [0.2, 0.25) is 5.95 Å². The Hall–Kier alpha value is -3.87. The zero-order valence-electron chi connectivity index (χ0n) is 16.4. The van der Waals surface area contributed by atoms with E-state index in [4.69, 9.17) is 4.74 Å². The number of Topliss-reactive ketones (excluding diaryl/α,β-unsaturated/α-hetero) is 1. The van der Waals surface area contributed by atoms with Crippen molar-refractivity contribution >= 4 is 23.6 Å². The molecule has 0 bridgehead atoms. The van der Waals surface area contributed by atoms with Crippen LogP contribution in [0, 0.1) is 0 Å². The maximum Gasteiger partial charge on any atom is 0.307 e. The second kappa shape index (κ2) is 10.1. The van der Waals surface area contributed by atoms with E-state index in [-0.39, 0.29) is 24.6 Å². The van der Waals surface area contributed by atoms with Crippen molar-refractivity contribution in [3.8, 4) is 11.1 Å². The van der Waals surface area contributed by atoms with E-state index in [1.165, 1.54) is 19.3 Å². The molecule has 0 aliphatic heterocycles. The Labute approximate surface area is 174 Å². The molecule has 0 saturated carbocycles. The lowest BCUT2D eigenvalue weighted by atomic mass is 10.0. The standard InChI is InChI=1S/C23H21N3O4/c1-16(22(29)26-23-24-14-5-15-25-23)30-21(28)13-12-20(27)19-10-8-18(9-11-19)17-6-3-2-4-7-17/h2-11,14-16H,12-13H2,1H3,(H,24,25,26,29). The molecule has 3 aromatic rings. The van der Waals surface area contributed by atoms with Gasteiger partial charge in [-0.05, 0) is 24.1 Å². The fourth-order valence-corrected chi connectivity index (χ4v) is 2.72. The second-order valence-corrected chi connectivity index (χ2v) is 6.56. The fraction of sp³-hybridized carbons (Fsp3) is 0.174. The van der Waals surface area contributed by atoms with Gasteiger partial charge in [0.15, 0.2) is 11.9 Å². The number of hydrogen-bond donors (Lipinski definition) is 1. The van der Waals surface area contributed by atoms with Crippen LogP contribution in [0.25, 0.3) is 11.1 Å². The minimum absolute atomic E-state index is 0.000345. The first kappa shape index (κ1) is 20.9. The van der Waals surface area contributed by atoms with Gasteiger partial charge in [-0.2, -0.15) is 0 Å². The van der Waals surface area contributed by atoms with E-state index in [0.717, 1.165) is 11.1 Å². The summed E-state index contributed by atoms with van der Waals surface area (Å²) in [4.78, 5) is 44.1. The fourth-order valence-electron chi connectivity index (χ4n) is 2.72. The predicted molar refractivity (Wildman–Crippen MR) is 112 cm³/mol. The normalized spacial score (nSPS) is 11.4. The number of nitrogens with zero attached hydrogens (tertiary/aromatic N) is 2. The van der Waals surface area contributed by atoms with Crippen molar-refractivity contribution in [3.05, 3.63) is 78.6 Å². The van der Waals surface area contributed by atoms with Gasteiger partial charge in [-0.15, -0.1) is 0 Å². The number of benzene rings is 2. The lowest BCUT2D eigenvalue weighted by molar-refractivity contribution is -0.153. The van der Waals surface area contributed by atoms with Crippen LogP contribution in [0.5, 0.6) is 0 Å². The molecule has 1 heterocycles.